The highest BCUT2D eigenvalue weighted by atomic mass is 32.2. The molecule has 1 heterocycles. The third-order valence-electron chi connectivity index (χ3n) is 2.68. The van der Waals surface area contributed by atoms with E-state index in [0.717, 1.165) is 22.1 Å². The molecule has 2 N–H and O–H groups in total. The Hall–Kier alpha value is -1.95. The number of aromatic nitrogens is 1. The normalized spacial score (nSPS) is 10.5. The zero-order valence-corrected chi connectivity index (χ0v) is 12.2. The van der Waals surface area contributed by atoms with E-state index in [1.807, 2.05) is 32.0 Å². The van der Waals surface area contributed by atoms with Gasteiger partial charge in [0.25, 0.3) is 0 Å². The Kier molecular flexibility index (Phi) is 4.68. The predicted octanol–water partition coefficient (Wildman–Crippen LogP) is 3.41. The van der Waals surface area contributed by atoms with Crippen molar-refractivity contribution < 1.29 is 14.4 Å². The number of carboxylic acid groups (broad SMARTS) is 1. The number of anilines is 1. The Morgan fingerprint density at radius 2 is 2.30 bits per heavy atom. The van der Waals surface area contributed by atoms with Gasteiger partial charge in [-0.25, -0.2) is 4.79 Å². The molecule has 0 fully saturated rings. The summed E-state index contributed by atoms with van der Waals surface area (Å²) in [5, 5.41) is 16.4. The van der Waals surface area contributed by atoms with Gasteiger partial charge < -0.3 is 14.9 Å². The summed E-state index contributed by atoms with van der Waals surface area (Å²) in [6.07, 6.45) is 0. The van der Waals surface area contributed by atoms with Crippen LogP contribution in [0.4, 0.5) is 5.69 Å². The summed E-state index contributed by atoms with van der Waals surface area (Å²) in [6, 6.07) is 7.25. The summed E-state index contributed by atoms with van der Waals surface area (Å²) in [7, 11) is 0. The maximum atomic E-state index is 11.4. The van der Waals surface area contributed by atoms with Gasteiger partial charge in [0, 0.05) is 11.0 Å². The van der Waals surface area contributed by atoms with Crippen molar-refractivity contribution in [1.29, 1.82) is 0 Å². The lowest BCUT2D eigenvalue weighted by atomic mass is 10.1. The third kappa shape index (κ3) is 3.33. The quantitative estimate of drug-likeness (QED) is 0.795. The van der Waals surface area contributed by atoms with Crippen LogP contribution in [-0.4, -0.2) is 22.0 Å². The van der Waals surface area contributed by atoms with Crippen molar-refractivity contribution in [3.05, 3.63) is 41.3 Å². The number of carboxylic acids is 1. The Morgan fingerprint density at radius 1 is 1.50 bits per heavy atom. The van der Waals surface area contributed by atoms with Gasteiger partial charge in [0.2, 0.25) is 0 Å². The van der Waals surface area contributed by atoms with Crippen LogP contribution in [0.25, 0.3) is 0 Å². The maximum Gasteiger partial charge on any atom is 0.338 e. The molecule has 5 nitrogen and oxygen atoms in total. The second-order valence-electron chi connectivity index (χ2n) is 4.20. The summed E-state index contributed by atoms with van der Waals surface area (Å²) in [4.78, 5) is 12.2. The first kappa shape index (κ1) is 14.5. The summed E-state index contributed by atoms with van der Waals surface area (Å²) in [6.45, 7) is 4.24. The number of thioether (sulfide) groups is 1. The number of benzene rings is 1. The van der Waals surface area contributed by atoms with Gasteiger partial charge in [-0.15, -0.1) is 11.8 Å². The number of aryl methyl sites for hydroxylation is 1. The van der Waals surface area contributed by atoms with Gasteiger partial charge in [0.15, 0.2) is 0 Å². The van der Waals surface area contributed by atoms with Crippen LogP contribution >= 0.6 is 11.8 Å². The van der Waals surface area contributed by atoms with Crippen LogP contribution in [0.5, 0.6) is 0 Å². The minimum Gasteiger partial charge on any atom is -0.478 e. The van der Waals surface area contributed by atoms with E-state index in [1.54, 1.807) is 6.07 Å². The van der Waals surface area contributed by atoms with Crippen LogP contribution in [-0.2, 0) is 6.54 Å². The number of aromatic carboxylic acids is 1. The second-order valence-corrected chi connectivity index (χ2v) is 5.51. The van der Waals surface area contributed by atoms with Crippen LogP contribution in [0.1, 0.15) is 28.7 Å². The largest absolute Gasteiger partial charge is 0.478 e. The second kappa shape index (κ2) is 6.47. The van der Waals surface area contributed by atoms with E-state index < -0.39 is 5.97 Å². The fourth-order valence-corrected chi connectivity index (χ4v) is 2.69. The molecule has 6 heteroatoms. The van der Waals surface area contributed by atoms with Crippen LogP contribution < -0.4 is 5.32 Å². The predicted molar refractivity (Wildman–Crippen MR) is 78.4 cm³/mol. The minimum atomic E-state index is -0.930. The number of nitrogens with zero attached hydrogens (tertiary/aromatic N) is 1. The van der Waals surface area contributed by atoms with Crippen molar-refractivity contribution in [2.75, 3.05) is 11.1 Å². The standard InChI is InChI=1S/C14H16N2O3S/c1-3-20-12-6-4-5-11(13(12)14(17)18)15-8-10-7-9(2)19-16-10/h4-7,15H,3,8H2,1-2H3,(H,17,18). The molecule has 2 rings (SSSR count). The van der Waals surface area contributed by atoms with Crippen LogP contribution in [0.2, 0.25) is 0 Å². The summed E-state index contributed by atoms with van der Waals surface area (Å²) in [5.74, 6) is 0.627. The Labute approximate surface area is 121 Å². The molecular formula is C14H16N2O3S. The monoisotopic (exact) mass is 292 g/mol. The van der Waals surface area contributed by atoms with E-state index in [1.165, 1.54) is 11.8 Å². The molecule has 20 heavy (non-hydrogen) atoms. The molecule has 0 aliphatic carbocycles. The smallest absolute Gasteiger partial charge is 0.338 e. The molecule has 106 valence electrons. The summed E-state index contributed by atoms with van der Waals surface area (Å²) >= 11 is 1.52. The van der Waals surface area contributed by atoms with Gasteiger partial charge in [-0.3, -0.25) is 0 Å². The molecule has 0 aliphatic rings. The lowest BCUT2D eigenvalue weighted by molar-refractivity contribution is 0.0694. The summed E-state index contributed by atoms with van der Waals surface area (Å²) < 4.78 is 4.98. The Bertz CT molecular complexity index is 610. The van der Waals surface area contributed by atoms with Crippen molar-refractivity contribution in [3.8, 4) is 0 Å². The van der Waals surface area contributed by atoms with Crippen molar-refractivity contribution in [1.82, 2.24) is 5.16 Å². The lowest BCUT2D eigenvalue weighted by Crippen LogP contribution is -2.08. The van der Waals surface area contributed by atoms with E-state index in [9.17, 15) is 9.90 Å². The first-order chi connectivity index (χ1) is 9.61. The number of rotatable bonds is 6. The van der Waals surface area contributed by atoms with Crippen molar-refractivity contribution in [3.63, 3.8) is 0 Å². The molecule has 0 unspecified atom stereocenters. The maximum absolute atomic E-state index is 11.4. The highest BCUT2D eigenvalue weighted by Gasteiger charge is 2.15. The van der Waals surface area contributed by atoms with Crippen molar-refractivity contribution >= 4 is 23.4 Å². The van der Waals surface area contributed by atoms with E-state index >= 15 is 0 Å². The lowest BCUT2D eigenvalue weighted by Gasteiger charge is -2.11. The fourth-order valence-electron chi connectivity index (χ4n) is 1.86. The molecule has 0 bridgehead atoms. The molecule has 0 spiro atoms. The van der Waals surface area contributed by atoms with Gasteiger partial charge in [-0.1, -0.05) is 18.1 Å². The Balaban J connectivity index is 2.22. The number of hydrogen-bond acceptors (Lipinski definition) is 5. The first-order valence-electron chi connectivity index (χ1n) is 6.27. The van der Waals surface area contributed by atoms with Crippen LogP contribution in [0, 0.1) is 6.92 Å². The zero-order chi connectivity index (χ0) is 14.5. The van der Waals surface area contributed by atoms with Gasteiger partial charge >= 0.3 is 5.97 Å². The molecule has 0 atom stereocenters. The van der Waals surface area contributed by atoms with Gasteiger partial charge in [0.05, 0.1) is 17.8 Å². The van der Waals surface area contributed by atoms with E-state index in [2.05, 4.69) is 10.5 Å². The molecule has 0 aliphatic heterocycles. The SMILES string of the molecule is CCSc1cccc(NCc2cc(C)on2)c1C(=O)O. The average Bonchev–Trinajstić information content (AvgIpc) is 2.82. The topological polar surface area (TPSA) is 75.4 Å². The molecule has 0 amide bonds. The molecule has 1 aromatic carbocycles. The molecule has 0 radical (unpaired) electrons. The van der Waals surface area contributed by atoms with Gasteiger partial charge in [-0.2, -0.15) is 0 Å². The highest BCUT2D eigenvalue weighted by molar-refractivity contribution is 7.99. The summed E-state index contributed by atoms with van der Waals surface area (Å²) in [5.41, 5.74) is 1.64. The van der Waals surface area contributed by atoms with Gasteiger partial charge in [-0.05, 0) is 24.8 Å². The molecular weight excluding hydrogens is 276 g/mol. The minimum absolute atomic E-state index is 0.305. The number of carbonyl (C=O) groups is 1. The van der Waals surface area contributed by atoms with E-state index in [0.29, 0.717) is 17.8 Å². The Morgan fingerprint density at radius 3 is 2.90 bits per heavy atom. The third-order valence-corrected chi connectivity index (χ3v) is 3.62. The zero-order valence-electron chi connectivity index (χ0n) is 11.3. The van der Waals surface area contributed by atoms with Crippen molar-refractivity contribution in [2.45, 2.75) is 25.3 Å². The average molecular weight is 292 g/mol. The molecule has 0 saturated heterocycles. The highest BCUT2D eigenvalue weighted by Crippen LogP contribution is 2.28. The van der Waals surface area contributed by atoms with Crippen molar-refractivity contribution in [2.24, 2.45) is 0 Å². The number of hydrogen-bond donors (Lipinski definition) is 2. The molecule has 2 aromatic rings. The van der Waals surface area contributed by atoms with E-state index in [4.69, 9.17) is 4.52 Å². The van der Waals surface area contributed by atoms with Gasteiger partial charge in [0.1, 0.15) is 11.5 Å². The number of nitrogens with one attached hydrogen (secondary N) is 1. The van der Waals surface area contributed by atoms with Crippen LogP contribution in [0.3, 0.4) is 0 Å². The molecule has 1 aromatic heterocycles. The first-order valence-corrected chi connectivity index (χ1v) is 7.25. The van der Waals surface area contributed by atoms with E-state index in [-0.39, 0.29) is 0 Å². The fraction of sp³-hybridized carbons (Fsp3) is 0.286. The molecule has 0 saturated carbocycles. The van der Waals surface area contributed by atoms with Crippen LogP contribution in [0.15, 0.2) is 33.7 Å².